The van der Waals surface area contributed by atoms with Gasteiger partial charge in [-0.3, -0.25) is 0 Å². The van der Waals surface area contributed by atoms with Crippen molar-refractivity contribution in [3.63, 3.8) is 0 Å². The van der Waals surface area contributed by atoms with E-state index in [0.717, 1.165) is 24.7 Å². The van der Waals surface area contributed by atoms with E-state index in [-0.39, 0.29) is 0 Å². The number of aromatic amines is 1. The number of hydrogen-bond donors (Lipinski definition) is 1. The van der Waals surface area contributed by atoms with E-state index in [1.807, 2.05) is 6.07 Å². The second-order valence-corrected chi connectivity index (χ2v) is 2.25. The van der Waals surface area contributed by atoms with Crippen molar-refractivity contribution in [2.45, 2.75) is 13.3 Å². The molecule has 0 aromatic carbocycles. The van der Waals surface area contributed by atoms with Gasteiger partial charge in [-0.25, -0.2) is 0 Å². The van der Waals surface area contributed by atoms with Crippen LogP contribution in [0.3, 0.4) is 0 Å². The first-order chi connectivity index (χ1) is 5.36. The summed E-state index contributed by atoms with van der Waals surface area (Å²) in [5, 5.41) is 0. The summed E-state index contributed by atoms with van der Waals surface area (Å²) in [4.78, 5) is 2.92. The minimum absolute atomic E-state index is 0.733. The van der Waals surface area contributed by atoms with Crippen LogP contribution in [0.1, 0.15) is 13.3 Å². The van der Waals surface area contributed by atoms with Gasteiger partial charge >= 0.3 is 0 Å². The third-order valence-corrected chi connectivity index (χ3v) is 1.32. The van der Waals surface area contributed by atoms with E-state index in [2.05, 4.69) is 11.9 Å². The average Bonchev–Trinajstić information content (AvgIpc) is 2.48. The van der Waals surface area contributed by atoms with Crippen LogP contribution in [0.4, 0.5) is 0 Å². The zero-order valence-corrected chi connectivity index (χ0v) is 6.89. The van der Waals surface area contributed by atoms with E-state index >= 15 is 0 Å². The fourth-order valence-electron chi connectivity index (χ4n) is 0.776. The topological polar surface area (TPSA) is 34.2 Å². The lowest BCUT2D eigenvalue weighted by molar-refractivity contribution is 0.317. The van der Waals surface area contributed by atoms with Crippen molar-refractivity contribution in [3.8, 4) is 11.6 Å². The SMILES string of the molecule is CCCOc1c[nH]c(OC)c1. The third-order valence-electron chi connectivity index (χ3n) is 1.32. The molecule has 0 bridgehead atoms. The molecule has 11 heavy (non-hydrogen) atoms. The van der Waals surface area contributed by atoms with E-state index in [0.29, 0.717) is 0 Å². The lowest BCUT2D eigenvalue weighted by atomic mass is 10.5. The highest BCUT2D eigenvalue weighted by Gasteiger charge is 1.97. The molecule has 0 fully saturated rings. The predicted octanol–water partition coefficient (Wildman–Crippen LogP) is 1.81. The molecule has 0 spiro atoms. The van der Waals surface area contributed by atoms with Crippen LogP contribution >= 0.6 is 0 Å². The average molecular weight is 155 g/mol. The van der Waals surface area contributed by atoms with E-state index in [1.165, 1.54) is 0 Å². The van der Waals surface area contributed by atoms with Crippen molar-refractivity contribution >= 4 is 0 Å². The molecule has 62 valence electrons. The smallest absolute Gasteiger partial charge is 0.194 e. The van der Waals surface area contributed by atoms with Crippen molar-refractivity contribution in [1.29, 1.82) is 0 Å². The Kier molecular flexibility index (Phi) is 2.83. The Bertz CT molecular complexity index is 208. The Hall–Kier alpha value is -1.12. The summed E-state index contributed by atoms with van der Waals surface area (Å²) in [6.07, 6.45) is 2.81. The molecule has 0 aliphatic carbocycles. The molecule has 3 heteroatoms. The number of rotatable bonds is 4. The molecule has 0 aliphatic rings. The molecule has 1 rings (SSSR count). The molecule has 0 unspecified atom stereocenters. The molecule has 0 radical (unpaired) electrons. The van der Waals surface area contributed by atoms with Crippen LogP contribution in [-0.4, -0.2) is 18.7 Å². The Labute approximate surface area is 66.3 Å². The number of methoxy groups -OCH3 is 1. The molecule has 0 saturated carbocycles. The molecule has 0 atom stereocenters. The molecule has 1 aromatic rings. The van der Waals surface area contributed by atoms with Gasteiger partial charge in [0, 0.05) is 12.3 Å². The largest absolute Gasteiger partial charge is 0.492 e. The third kappa shape index (κ3) is 2.18. The van der Waals surface area contributed by atoms with Gasteiger partial charge in [-0.2, -0.15) is 0 Å². The summed E-state index contributed by atoms with van der Waals surface area (Å²) in [6, 6.07) is 1.83. The molecule has 3 nitrogen and oxygen atoms in total. The van der Waals surface area contributed by atoms with Gasteiger partial charge in [0.2, 0.25) is 0 Å². The first kappa shape index (κ1) is 7.98. The Morgan fingerprint density at radius 3 is 2.91 bits per heavy atom. The van der Waals surface area contributed by atoms with Gasteiger partial charge in [0.15, 0.2) is 5.88 Å². The second-order valence-electron chi connectivity index (χ2n) is 2.25. The van der Waals surface area contributed by atoms with E-state index in [4.69, 9.17) is 9.47 Å². The summed E-state index contributed by atoms with van der Waals surface area (Å²) in [5.41, 5.74) is 0. The monoisotopic (exact) mass is 155 g/mol. The summed E-state index contributed by atoms with van der Waals surface area (Å²) < 4.78 is 10.3. The zero-order valence-electron chi connectivity index (χ0n) is 6.89. The minimum atomic E-state index is 0.733. The molecule has 0 aliphatic heterocycles. The van der Waals surface area contributed by atoms with Crippen LogP contribution in [-0.2, 0) is 0 Å². The first-order valence-electron chi connectivity index (χ1n) is 3.72. The fraction of sp³-hybridized carbons (Fsp3) is 0.500. The highest BCUT2D eigenvalue weighted by molar-refractivity contribution is 5.26. The standard InChI is InChI=1S/C8H13NO2/c1-3-4-11-7-5-8(10-2)9-6-7/h5-6,9H,3-4H2,1-2H3. The van der Waals surface area contributed by atoms with E-state index in [9.17, 15) is 0 Å². The normalized spacial score (nSPS) is 9.64. The van der Waals surface area contributed by atoms with Crippen LogP contribution in [0, 0.1) is 0 Å². The number of ether oxygens (including phenoxy) is 2. The minimum Gasteiger partial charge on any atom is -0.492 e. The zero-order chi connectivity index (χ0) is 8.10. The molecule has 1 heterocycles. The van der Waals surface area contributed by atoms with Gasteiger partial charge in [-0.05, 0) is 6.42 Å². The Morgan fingerprint density at radius 2 is 2.36 bits per heavy atom. The van der Waals surface area contributed by atoms with Crippen LogP contribution in [0.25, 0.3) is 0 Å². The second kappa shape index (κ2) is 3.91. The number of hydrogen-bond acceptors (Lipinski definition) is 2. The lowest BCUT2D eigenvalue weighted by Gasteiger charge is -1.98. The highest BCUT2D eigenvalue weighted by atomic mass is 16.5. The van der Waals surface area contributed by atoms with Crippen LogP contribution < -0.4 is 9.47 Å². The maximum absolute atomic E-state index is 5.33. The maximum atomic E-state index is 5.33. The number of nitrogens with one attached hydrogen (secondary N) is 1. The van der Waals surface area contributed by atoms with Crippen LogP contribution in [0.15, 0.2) is 12.3 Å². The molecule has 0 saturated heterocycles. The van der Waals surface area contributed by atoms with E-state index in [1.54, 1.807) is 13.3 Å². The van der Waals surface area contributed by atoms with Crippen molar-refractivity contribution in [2.24, 2.45) is 0 Å². The predicted molar refractivity (Wildman–Crippen MR) is 43.1 cm³/mol. The van der Waals surface area contributed by atoms with Gasteiger partial charge in [0.05, 0.1) is 13.7 Å². The van der Waals surface area contributed by atoms with E-state index < -0.39 is 0 Å². The summed E-state index contributed by atoms with van der Waals surface area (Å²) in [5.74, 6) is 1.57. The number of H-pyrrole nitrogens is 1. The summed E-state index contributed by atoms with van der Waals surface area (Å²) in [7, 11) is 1.62. The van der Waals surface area contributed by atoms with Crippen molar-refractivity contribution in [2.75, 3.05) is 13.7 Å². The lowest BCUT2D eigenvalue weighted by Crippen LogP contribution is -1.92. The Balaban J connectivity index is 2.44. The van der Waals surface area contributed by atoms with Gasteiger partial charge in [0.25, 0.3) is 0 Å². The Morgan fingerprint density at radius 1 is 1.55 bits per heavy atom. The maximum Gasteiger partial charge on any atom is 0.194 e. The van der Waals surface area contributed by atoms with Gasteiger partial charge in [0.1, 0.15) is 5.75 Å². The molecule has 1 aromatic heterocycles. The molecular formula is C8H13NO2. The van der Waals surface area contributed by atoms with Gasteiger partial charge < -0.3 is 14.5 Å². The van der Waals surface area contributed by atoms with Gasteiger partial charge in [-0.1, -0.05) is 6.92 Å². The van der Waals surface area contributed by atoms with Crippen LogP contribution in [0.5, 0.6) is 11.6 Å². The first-order valence-corrected chi connectivity index (χ1v) is 3.72. The summed E-state index contributed by atoms with van der Waals surface area (Å²) in [6.45, 7) is 2.82. The quantitative estimate of drug-likeness (QED) is 0.719. The van der Waals surface area contributed by atoms with Gasteiger partial charge in [-0.15, -0.1) is 0 Å². The summed E-state index contributed by atoms with van der Waals surface area (Å²) >= 11 is 0. The van der Waals surface area contributed by atoms with Crippen LogP contribution in [0.2, 0.25) is 0 Å². The number of aromatic nitrogens is 1. The molecule has 1 N–H and O–H groups in total. The van der Waals surface area contributed by atoms with Crippen molar-refractivity contribution < 1.29 is 9.47 Å². The highest BCUT2D eigenvalue weighted by Crippen LogP contribution is 2.17. The fourth-order valence-corrected chi connectivity index (χ4v) is 0.776. The van der Waals surface area contributed by atoms with Crippen molar-refractivity contribution in [3.05, 3.63) is 12.3 Å². The molecule has 0 amide bonds. The molecular weight excluding hydrogens is 142 g/mol. The van der Waals surface area contributed by atoms with Crippen molar-refractivity contribution in [1.82, 2.24) is 4.98 Å².